The molecule has 0 spiro atoms. The summed E-state index contributed by atoms with van der Waals surface area (Å²) in [7, 11) is 0. The van der Waals surface area contributed by atoms with Crippen molar-refractivity contribution in [1.82, 2.24) is 0 Å². The van der Waals surface area contributed by atoms with Gasteiger partial charge >= 0.3 is 5.97 Å². The lowest BCUT2D eigenvalue weighted by molar-refractivity contribution is -0.143. The molecule has 0 saturated heterocycles. The fourth-order valence-corrected chi connectivity index (χ4v) is 5.28. The second kappa shape index (κ2) is 6.23. The largest absolute Gasteiger partial charge is 0.481 e. The smallest absolute Gasteiger partial charge is 0.306 e. The van der Waals surface area contributed by atoms with Gasteiger partial charge in [-0.1, -0.05) is 32.4 Å². The van der Waals surface area contributed by atoms with E-state index in [-0.39, 0.29) is 17.3 Å². The summed E-state index contributed by atoms with van der Waals surface area (Å²) in [6.07, 6.45) is 8.55. The maximum Gasteiger partial charge on any atom is 0.306 e. The van der Waals surface area contributed by atoms with Crippen LogP contribution in [0.2, 0.25) is 0 Å². The Hall–Kier alpha value is -0.830. The number of hydrogen-bond donors (Lipinski definition) is 2. The summed E-state index contributed by atoms with van der Waals surface area (Å²) in [6.45, 7) is 11.1. The molecule has 2 N–H and O–H groups in total. The molecule has 0 aromatic carbocycles. The molecule has 1 fully saturated rings. The normalized spacial score (nSPS) is 40.0. The first kappa shape index (κ1) is 18.5. The van der Waals surface area contributed by atoms with Gasteiger partial charge in [0.2, 0.25) is 0 Å². The van der Waals surface area contributed by atoms with Gasteiger partial charge in [0, 0.05) is 0 Å². The zero-order valence-electron chi connectivity index (χ0n) is 15.5. The minimum absolute atomic E-state index is 0.168. The summed E-state index contributed by atoms with van der Waals surface area (Å²) >= 11 is 0. The molecule has 0 radical (unpaired) electrons. The molecule has 132 valence electrons. The maximum atomic E-state index is 11.0. The highest BCUT2D eigenvalue weighted by molar-refractivity contribution is 5.68. The molecular formula is C20H34O3. The maximum absolute atomic E-state index is 11.0. The topological polar surface area (TPSA) is 57.5 Å². The van der Waals surface area contributed by atoms with Crippen molar-refractivity contribution in [2.45, 2.75) is 85.2 Å². The molecule has 0 heterocycles. The van der Waals surface area contributed by atoms with Crippen LogP contribution in [-0.4, -0.2) is 21.8 Å². The summed E-state index contributed by atoms with van der Waals surface area (Å²) < 4.78 is 0. The van der Waals surface area contributed by atoms with Crippen molar-refractivity contribution >= 4 is 5.97 Å². The van der Waals surface area contributed by atoms with E-state index >= 15 is 0 Å². The number of aliphatic carboxylic acids is 1. The van der Waals surface area contributed by atoms with Gasteiger partial charge in [0.15, 0.2) is 0 Å². The standard InChI is InChI=1S/C20H34O3/c1-14-7-6-8-16-19(14,4)10-9-15(2)20(16,5)12-11-18(3,23)13-17(21)22/h7,15-16,23H,6,8-13H2,1-5H3,(H,21,22)/t15-,16+,18-,19+,20+/m1/s1. The highest BCUT2D eigenvalue weighted by atomic mass is 16.4. The van der Waals surface area contributed by atoms with Crippen molar-refractivity contribution in [3.8, 4) is 0 Å². The lowest BCUT2D eigenvalue weighted by atomic mass is 9.47. The fraction of sp³-hybridized carbons (Fsp3) is 0.850. The van der Waals surface area contributed by atoms with E-state index < -0.39 is 11.6 Å². The molecule has 23 heavy (non-hydrogen) atoms. The molecule has 0 aromatic rings. The molecule has 5 atom stereocenters. The highest BCUT2D eigenvalue weighted by Gasteiger charge is 2.53. The van der Waals surface area contributed by atoms with Gasteiger partial charge in [0.05, 0.1) is 12.0 Å². The van der Waals surface area contributed by atoms with E-state index in [1.807, 2.05) is 0 Å². The van der Waals surface area contributed by atoms with E-state index in [4.69, 9.17) is 5.11 Å². The minimum atomic E-state index is -1.11. The van der Waals surface area contributed by atoms with Crippen LogP contribution in [-0.2, 0) is 4.79 Å². The van der Waals surface area contributed by atoms with E-state index in [0.717, 1.165) is 12.8 Å². The van der Waals surface area contributed by atoms with Crippen molar-refractivity contribution < 1.29 is 15.0 Å². The quantitative estimate of drug-likeness (QED) is 0.715. The van der Waals surface area contributed by atoms with Gasteiger partial charge in [0.25, 0.3) is 0 Å². The molecule has 3 heteroatoms. The Kier molecular flexibility index (Phi) is 5.02. The number of fused-ring (bicyclic) bond motifs is 1. The van der Waals surface area contributed by atoms with Crippen molar-refractivity contribution in [2.75, 3.05) is 0 Å². The van der Waals surface area contributed by atoms with Gasteiger partial charge in [-0.3, -0.25) is 4.79 Å². The van der Waals surface area contributed by atoms with Gasteiger partial charge < -0.3 is 10.2 Å². The summed E-state index contributed by atoms with van der Waals surface area (Å²) in [5.74, 6) is 0.328. The van der Waals surface area contributed by atoms with Crippen LogP contribution < -0.4 is 0 Å². The molecule has 0 amide bonds. The first-order chi connectivity index (χ1) is 10.5. The van der Waals surface area contributed by atoms with Crippen LogP contribution in [0.4, 0.5) is 0 Å². The average molecular weight is 322 g/mol. The van der Waals surface area contributed by atoms with Crippen molar-refractivity contribution in [3.63, 3.8) is 0 Å². The van der Waals surface area contributed by atoms with Crippen LogP contribution in [0.3, 0.4) is 0 Å². The molecule has 2 aliphatic carbocycles. The van der Waals surface area contributed by atoms with E-state index in [1.54, 1.807) is 6.92 Å². The summed E-state index contributed by atoms with van der Waals surface area (Å²) in [5.41, 5.74) is 0.870. The first-order valence-corrected chi connectivity index (χ1v) is 9.13. The average Bonchev–Trinajstić information content (AvgIpc) is 2.43. The van der Waals surface area contributed by atoms with Crippen LogP contribution >= 0.6 is 0 Å². The molecular weight excluding hydrogens is 288 g/mol. The van der Waals surface area contributed by atoms with Crippen LogP contribution in [0.25, 0.3) is 0 Å². The number of carboxylic acid groups (broad SMARTS) is 1. The van der Waals surface area contributed by atoms with Crippen LogP contribution in [0.15, 0.2) is 11.6 Å². The van der Waals surface area contributed by atoms with Gasteiger partial charge in [-0.25, -0.2) is 0 Å². The van der Waals surface area contributed by atoms with E-state index in [2.05, 4.69) is 33.8 Å². The highest BCUT2D eigenvalue weighted by Crippen LogP contribution is 2.62. The molecule has 0 aliphatic heterocycles. The van der Waals surface area contributed by atoms with Crippen LogP contribution in [0.1, 0.15) is 79.6 Å². The Morgan fingerprint density at radius 2 is 2.04 bits per heavy atom. The van der Waals surface area contributed by atoms with Crippen molar-refractivity contribution in [3.05, 3.63) is 11.6 Å². The zero-order chi connectivity index (χ0) is 17.5. The van der Waals surface area contributed by atoms with Gasteiger partial charge in [-0.2, -0.15) is 0 Å². The fourth-order valence-electron chi connectivity index (χ4n) is 5.28. The number of aliphatic hydroxyl groups is 1. The summed E-state index contributed by atoms with van der Waals surface area (Å²) in [5, 5.41) is 19.4. The first-order valence-electron chi connectivity index (χ1n) is 9.13. The molecule has 2 aliphatic rings. The Bertz CT molecular complexity index is 493. The van der Waals surface area contributed by atoms with E-state index in [0.29, 0.717) is 18.3 Å². The van der Waals surface area contributed by atoms with Crippen LogP contribution in [0.5, 0.6) is 0 Å². The molecule has 0 bridgehead atoms. The number of carbonyl (C=O) groups is 1. The number of rotatable bonds is 5. The third-order valence-corrected chi connectivity index (χ3v) is 7.33. The summed E-state index contributed by atoms with van der Waals surface area (Å²) in [6, 6.07) is 0. The Morgan fingerprint density at radius 3 is 2.65 bits per heavy atom. The monoisotopic (exact) mass is 322 g/mol. The zero-order valence-corrected chi connectivity index (χ0v) is 15.5. The molecule has 0 unspecified atom stereocenters. The predicted octanol–water partition coefficient (Wildman–Crippen LogP) is 4.79. The predicted molar refractivity (Wildman–Crippen MR) is 93.2 cm³/mol. The Morgan fingerprint density at radius 1 is 1.39 bits per heavy atom. The van der Waals surface area contributed by atoms with Gasteiger partial charge in [0.1, 0.15) is 0 Å². The number of allylic oxidation sites excluding steroid dienone is 2. The van der Waals surface area contributed by atoms with Gasteiger partial charge in [-0.05, 0) is 75.0 Å². The third kappa shape index (κ3) is 3.50. The van der Waals surface area contributed by atoms with E-state index in [1.165, 1.54) is 24.8 Å². The van der Waals surface area contributed by atoms with Crippen LogP contribution in [0, 0.1) is 22.7 Å². The van der Waals surface area contributed by atoms with Crippen molar-refractivity contribution in [2.24, 2.45) is 22.7 Å². The lowest BCUT2D eigenvalue weighted by Crippen LogP contribution is -2.50. The Labute approximate surface area is 141 Å². The van der Waals surface area contributed by atoms with Crippen molar-refractivity contribution in [1.29, 1.82) is 0 Å². The lowest BCUT2D eigenvalue weighted by Gasteiger charge is -2.58. The summed E-state index contributed by atoms with van der Waals surface area (Å²) in [4.78, 5) is 11.0. The number of carboxylic acids is 1. The molecule has 3 nitrogen and oxygen atoms in total. The van der Waals surface area contributed by atoms with E-state index in [9.17, 15) is 9.90 Å². The second-order valence-corrected chi connectivity index (χ2v) is 8.95. The van der Waals surface area contributed by atoms with Gasteiger partial charge in [-0.15, -0.1) is 0 Å². The molecule has 0 aromatic heterocycles. The molecule has 2 rings (SSSR count). The number of hydrogen-bond acceptors (Lipinski definition) is 2. The Balaban J connectivity index is 2.20. The second-order valence-electron chi connectivity index (χ2n) is 8.95. The SMILES string of the molecule is CC1=CCC[C@@H]2[C@@](C)(CC[C@@](C)(O)CC(=O)O)[C@H](C)CC[C@@]12C. The molecule has 1 saturated carbocycles. The third-order valence-electron chi connectivity index (χ3n) is 7.33. The minimum Gasteiger partial charge on any atom is -0.481 e.